The van der Waals surface area contributed by atoms with Gasteiger partial charge in [0, 0.05) is 12.1 Å². The average molecular weight is 263 g/mol. The van der Waals surface area contributed by atoms with Crippen molar-refractivity contribution in [1.29, 1.82) is 0 Å². The highest BCUT2D eigenvalue weighted by molar-refractivity contribution is 5.39. The molecule has 2 aromatic rings. The second kappa shape index (κ2) is 5.80. The van der Waals surface area contributed by atoms with Crippen molar-refractivity contribution in [2.45, 2.75) is 13.5 Å². The summed E-state index contributed by atoms with van der Waals surface area (Å²) in [4.78, 5) is 0. The molecule has 0 spiro atoms. The number of nitrogens with one attached hydrogen (secondary N) is 1. The monoisotopic (exact) mass is 263 g/mol. The lowest BCUT2D eigenvalue weighted by atomic mass is 10.2. The maximum absolute atomic E-state index is 13.7. The van der Waals surface area contributed by atoms with Gasteiger partial charge in [-0.05, 0) is 49.9 Å². The van der Waals surface area contributed by atoms with Gasteiger partial charge in [-0.25, -0.2) is 8.78 Å². The van der Waals surface area contributed by atoms with Crippen LogP contribution in [0.4, 0.5) is 8.78 Å². The highest BCUT2D eigenvalue weighted by Crippen LogP contribution is 2.28. The Labute approximate surface area is 111 Å². The lowest BCUT2D eigenvalue weighted by Gasteiger charge is -2.12. The van der Waals surface area contributed by atoms with Crippen LogP contribution < -0.4 is 10.1 Å². The van der Waals surface area contributed by atoms with Gasteiger partial charge < -0.3 is 10.1 Å². The van der Waals surface area contributed by atoms with Gasteiger partial charge in [0.25, 0.3) is 0 Å². The van der Waals surface area contributed by atoms with Crippen molar-refractivity contribution in [1.82, 2.24) is 5.32 Å². The third kappa shape index (κ3) is 3.09. The molecule has 19 heavy (non-hydrogen) atoms. The number of ether oxygens (including phenoxy) is 1. The standard InChI is InChI=1S/C15H15F2NO/c1-10-8-11(6-7-13(10)16)19-15-5-3-4-14(17)12(15)9-18-2/h3-8,18H,9H2,1-2H3. The molecule has 0 aliphatic carbocycles. The van der Waals surface area contributed by atoms with Gasteiger partial charge in [-0.15, -0.1) is 0 Å². The topological polar surface area (TPSA) is 21.3 Å². The molecular weight excluding hydrogens is 248 g/mol. The maximum atomic E-state index is 13.7. The first-order chi connectivity index (χ1) is 9.11. The van der Waals surface area contributed by atoms with Gasteiger partial charge in [0.1, 0.15) is 23.1 Å². The summed E-state index contributed by atoms with van der Waals surface area (Å²) in [6, 6.07) is 9.10. The van der Waals surface area contributed by atoms with Crippen LogP contribution in [0.1, 0.15) is 11.1 Å². The zero-order valence-corrected chi connectivity index (χ0v) is 10.8. The molecule has 100 valence electrons. The first-order valence-electron chi connectivity index (χ1n) is 5.98. The Kier molecular flexibility index (Phi) is 4.12. The van der Waals surface area contributed by atoms with Crippen molar-refractivity contribution in [2.24, 2.45) is 0 Å². The molecule has 0 unspecified atom stereocenters. The molecule has 0 amide bonds. The first-order valence-corrected chi connectivity index (χ1v) is 5.98. The van der Waals surface area contributed by atoms with Crippen LogP contribution in [0.25, 0.3) is 0 Å². The SMILES string of the molecule is CNCc1c(F)cccc1Oc1ccc(F)c(C)c1. The number of halogens is 2. The molecule has 0 saturated heterocycles. The lowest BCUT2D eigenvalue weighted by Crippen LogP contribution is -2.08. The molecule has 1 N–H and O–H groups in total. The maximum Gasteiger partial charge on any atom is 0.134 e. The zero-order chi connectivity index (χ0) is 13.8. The van der Waals surface area contributed by atoms with Crippen molar-refractivity contribution in [3.63, 3.8) is 0 Å². The van der Waals surface area contributed by atoms with Gasteiger partial charge in [-0.3, -0.25) is 0 Å². The van der Waals surface area contributed by atoms with Crippen molar-refractivity contribution in [3.8, 4) is 11.5 Å². The summed E-state index contributed by atoms with van der Waals surface area (Å²) in [6.07, 6.45) is 0. The van der Waals surface area contributed by atoms with E-state index in [9.17, 15) is 8.78 Å². The van der Waals surface area contributed by atoms with Crippen LogP contribution in [0.3, 0.4) is 0 Å². The fourth-order valence-electron chi connectivity index (χ4n) is 1.79. The number of benzene rings is 2. The van der Waals surface area contributed by atoms with E-state index in [0.29, 0.717) is 29.2 Å². The van der Waals surface area contributed by atoms with Crippen LogP contribution in [0.2, 0.25) is 0 Å². The summed E-state index contributed by atoms with van der Waals surface area (Å²) in [5.74, 6) is 0.301. The van der Waals surface area contributed by atoms with E-state index in [-0.39, 0.29) is 11.6 Å². The fraction of sp³-hybridized carbons (Fsp3) is 0.200. The van der Waals surface area contributed by atoms with E-state index < -0.39 is 0 Å². The Balaban J connectivity index is 2.32. The van der Waals surface area contributed by atoms with E-state index in [4.69, 9.17) is 4.74 Å². The minimum atomic E-state index is -0.328. The average Bonchev–Trinajstić information content (AvgIpc) is 2.38. The van der Waals surface area contributed by atoms with Crippen LogP contribution >= 0.6 is 0 Å². The molecule has 2 rings (SSSR count). The highest BCUT2D eigenvalue weighted by atomic mass is 19.1. The van der Waals surface area contributed by atoms with E-state index in [1.165, 1.54) is 18.2 Å². The van der Waals surface area contributed by atoms with E-state index in [1.807, 2.05) is 0 Å². The summed E-state index contributed by atoms with van der Waals surface area (Å²) in [7, 11) is 1.73. The number of rotatable bonds is 4. The predicted octanol–water partition coefficient (Wildman–Crippen LogP) is 3.78. The Bertz CT molecular complexity index is 584. The van der Waals surface area contributed by atoms with Crippen LogP contribution in [0.15, 0.2) is 36.4 Å². The quantitative estimate of drug-likeness (QED) is 0.906. The molecule has 0 bridgehead atoms. The number of aryl methyl sites for hydroxylation is 1. The van der Waals surface area contributed by atoms with E-state index in [2.05, 4.69) is 5.32 Å². The van der Waals surface area contributed by atoms with E-state index >= 15 is 0 Å². The predicted molar refractivity (Wildman–Crippen MR) is 70.4 cm³/mol. The third-order valence-corrected chi connectivity index (χ3v) is 2.79. The van der Waals surface area contributed by atoms with Crippen molar-refractivity contribution >= 4 is 0 Å². The zero-order valence-electron chi connectivity index (χ0n) is 10.8. The molecular formula is C15H15F2NO. The van der Waals surface area contributed by atoms with Gasteiger partial charge in [-0.1, -0.05) is 6.07 Å². The third-order valence-electron chi connectivity index (χ3n) is 2.79. The van der Waals surface area contributed by atoms with Crippen LogP contribution in [-0.2, 0) is 6.54 Å². The summed E-state index contributed by atoms with van der Waals surface area (Å²) in [6.45, 7) is 2.02. The van der Waals surface area contributed by atoms with Gasteiger partial charge in [0.2, 0.25) is 0 Å². The highest BCUT2D eigenvalue weighted by Gasteiger charge is 2.10. The number of hydrogen-bond donors (Lipinski definition) is 1. The lowest BCUT2D eigenvalue weighted by molar-refractivity contribution is 0.462. The largest absolute Gasteiger partial charge is 0.457 e. The second-order valence-corrected chi connectivity index (χ2v) is 4.26. The normalized spacial score (nSPS) is 10.5. The smallest absolute Gasteiger partial charge is 0.134 e. The van der Waals surface area contributed by atoms with Gasteiger partial charge in [0.15, 0.2) is 0 Å². The fourth-order valence-corrected chi connectivity index (χ4v) is 1.79. The second-order valence-electron chi connectivity index (χ2n) is 4.26. The molecule has 0 aromatic heterocycles. The Hall–Kier alpha value is -1.94. The summed E-state index contributed by atoms with van der Waals surface area (Å²) < 4.78 is 32.5. The Morgan fingerprint density at radius 2 is 1.89 bits per heavy atom. The molecule has 0 fully saturated rings. The summed E-state index contributed by atoms with van der Waals surface area (Å²) in [5.41, 5.74) is 0.941. The van der Waals surface area contributed by atoms with Crippen molar-refractivity contribution in [3.05, 3.63) is 59.2 Å². The van der Waals surface area contributed by atoms with Crippen LogP contribution in [0, 0.1) is 18.6 Å². The summed E-state index contributed by atoms with van der Waals surface area (Å²) in [5, 5.41) is 2.89. The molecule has 0 radical (unpaired) electrons. The molecule has 2 aromatic carbocycles. The Morgan fingerprint density at radius 1 is 1.11 bits per heavy atom. The van der Waals surface area contributed by atoms with E-state index in [0.717, 1.165) is 0 Å². The molecule has 0 aliphatic rings. The summed E-state index contributed by atoms with van der Waals surface area (Å²) >= 11 is 0. The van der Waals surface area contributed by atoms with Crippen molar-refractivity contribution < 1.29 is 13.5 Å². The molecule has 0 heterocycles. The van der Waals surface area contributed by atoms with E-state index in [1.54, 1.807) is 32.2 Å². The minimum absolute atomic E-state index is 0.290. The van der Waals surface area contributed by atoms with Gasteiger partial charge in [-0.2, -0.15) is 0 Å². The van der Waals surface area contributed by atoms with Gasteiger partial charge in [0.05, 0.1) is 0 Å². The first kappa shape index (κ1) is 13.5. The molecule has 2 nitrogen and oxygen atoms in total. The number of hydrogen-bond acceptors (Lipinski definition) is 2. The van der Waals surface area contributed by atoms with Crippen molar-refractivity contribution in [2.75, 3.05) is 7.05 Å². The van der Waals surface area contributed by atoms with Crippen LogP contribution in [-0.4, -0.2) is 7.05 Å². The Morgan fingerprint density at radius 3 is 2.58 bits per heavy atom. The molecule has 0 atom stereocenters. The minimum Gasteiger partial charge on any atom is -0.457 e. The van der Waals surface area contributed by atoms with Crippen LogP contribution in [0.5, 0.6) is 11.5 Å². The molecule has 0 aliphatic heterocycles. The molecule has 4 heteroatoms. The molecule has 0 saturated carbocycles. The van der Waals surface area contributed by atoms with Gasteiger partial charge >= 0.3 is 0 Å².